The van der Waals surface area contributed by atoms with Crippen molar-refractivity contribution in [3.05, 3.63) is 89.1 Å². The van der Waals surface area contributed by atoms with E-state index in [0.29, 0.717) is 69.0 Å². The van der Waals surface area contributed by atoms with E-state index in [2.05, 4.69) is 20.9 Å². The van der Waals surface area contributed by atoms with Gasteiger partial charge in [-0.1, -0.05) is 0 Å². The van der Waals surface area contributed by atoms with E-state index in [1.165, 1.54) is 18.4 Å². The van der Waals surface area contributed by atoms with Crippen LogP contribution in [0.1, 0.15) is 62.6 Å². The molecule has 5 N–H and O–H groups in total. The molecule has 1 unspecified atom stereocenters. The number of nitrogens with zero attached hydrogens (tertiary/aromatic N) is 3. The third kappa shape index (κ3) is 7.87. The number of piperidine rings is 1. The molecule has 4 heterocycles. The van der Waals surface area contributed by atoms with Crippen molar-refractivity contribution in [1.29, 1.82) is 0 Å². The van der Waals surface area contributed by atoms with Gasteiger partial charge in [-0.2, -0.15) is 0 Å². The fraction of sp³-hybridized carbons (Fsp3) is 0.256. The highest BCUT2D eigenvalue weighted by Crippen LogP contribution is 2.38. The number of rotatable bonds is 11. The second-order valence-electron chi connectivity index (χ2n) is 13.0. The summed E-state index contributed by atoms with van der Waals surface area (Å²) in [5.74, 6) is 0.00798. The Bertz CT molecular complexity index is 2240. The SMILES string of the molecule is COc1cc2c(cc1OCCCC(=O)Nc1cc(C(=O)Nc3ccc4sc(C(=O)Nc5ccc(N)cc5)cc4c3)n(C)c1)N=CC1CCCCN1C2=O. The van der Waals surface area contributed by atoms with Crippen molar-refractivity contribution in [3.8, 4) is 11.5 Å². The van der Waals surface area contributed by atoms with Gasteiger partial charge in [-0.05, 0) is 91.7 Å². The maximum Gasteiger partial charge on any atom is 0.272 e. The van der Waals surface area contributed by atoms with E-state index in [1.54, 1.807) is 72.4 Å². The van der Waals surface area contributed by atoms with E-state index in [4.69, 9.17) is 15.2 Å². The number of methoxy groups -OCH3 is 1. The standard InChI is InChI=1S/C39H39N7O6S/c1-45-22-27(18-31(45)37(48)44-26-12-13-34-23(16-26)17-35(53-34)38(49)43-25-10-8-24(40)9-11-25)42-36(47)7-5-15-52-33-20-30-29(19-32(33)51-2)39(50)46-14-4-3-6-28(46)21-41-30/h8-13,16-22,28H,3-7,14-15,40H2,1-2H3,(H,42,47)(H,43,49)(H,44,48). The largest absolute Gasteiger partial charge is 0.493 e. The van der Waals surface area contributed by atoms with E-state index in [1.807, 2.05) is 23.2 Å². The van der Waals surface area contributed by atoms with Crippen LogP contribution in [0.3, 0.4) is 0 Å². The lowest BCUT2D eigenvalue weighted by atomic mass is 10.0. The molecule has 0 aliphatic carbocycles. The number of nitrogens with two attached hydrogens (primary N) is 1. The number of fused-ring (bicyclic) bond motifs is 3. The van der Waals surface area contributed by atoms with Crippen molar-refractivity contribution in [1.82, 2.24) is 9.47 Å². The molecule has 2 aromatic heterocycles. The average Bonchev–Trinajstić information content (AvgIpc) is 3.72. The van der Waals surface area contributed by atoms with Crippen LogP contribution in [0, 0.1) is 0 Å². The van der Waals surface area contributed by atoms with Gasteiger partial charge in [0, 0.05) is 60.3 Å². The second-order valence-corrected chi connectivity index (χ2v) is 14.1. The quantitative estimate of drug-likeness (QED) is 0.0851. The van der Waals surface area contributed by atoms with Crippen LogP contribution in [0.25, 0.3) is 10.1 Å². The molecule has 272 valence electrons. The molecule has 5 aromatic rings. The predicted octanol–water partition coefficient (Wildman–Crippen LogP) is 6.84. The van der Waals surface area contributed by atoms with Gasteiger partial charge in [0.05, 0.1) is 41.6 Å². The Morgan fingerprint density at radius 3 is 2.53 bits per heavy atom. The van der Waals surface area contributed by atoms with Gasteiger partial charge in [0.2, 0.25) is 5.91 Å². The number of nitrogens with one attached hydrogen (secondary N) is 3. The molecule has 1 saturated heterocycles. The minimum atomic E-state index is -0.353. The number of ether oxygens (including phenoxy) is 2. The van der Waals surface area contributed by atoms with Crippen LogP contribution in [-0.4, -0.2) is 65.6 Å². The Balaban J connectivity index is 0.915. The van der Waals surface area contributed by atoms with Gasteiger partial charge >= 0.3 is 0 Å². The molecule has 1 atom stereocenters. The Kier molecular flexibility index (Phi) is 10.1. The van der Waals surface area contributed by atoms with Crippen molar-refractivity contribution in [2.45, 2.75) is 38.1 Å². The van der Waals surface area contributed by atoms with Crippen LogP contribution in [0.4, 0.5) is 28.4 Å². The number of amides is 4. The lowest BCUT2D eigenvalue weighted by Crippen LogP contribution is -2.43. The normalized spacial score (nSPS) is 14.9. The van der Waals surface area contributed by atoms with Crippen LogP contribution in [0.2, 0.25) is 0 Å². The lowest BCUT2D eigenvalue weighted by Gasteiger charge is -2.32. The summed E-state index contributed by atoms with van der Waals surface area (Å²) in [5.41, 5.74) is 9.42. The summed E-state index contributed by atoms with van der Waals surface area (Å²) in [4.78, 5) is 59.1. The van der Waals surface area contributed by atoms with Gasteiger partial charge in [-0.15, -0.1) is 11.3 Å². The van der Waals surface area contributed by atoms with E-state index < -0.39 is 0 Å². The van der Waals surface area contributed by atoms with Crippen LogP contribution in [0.15, 0.2) is 77.9 Å². The number of aryl methyl sites for hydroxylation is 1. The molecule has 0 saturated carbocycles. The number of aromatic nitrogens is 1. The van der Waals surface area contributed by atoms with Crippen molar-refractivity contribution >= 4 is 79.7 Å². The van der Waals surface area contributed by atoms with Gasteiger partial charge in [0.15, 0.2) is 11.5 Å². The third-order valence-electron chi connectivity index (χ3n) is 9.20. The van der Waals surface area contributed by atoms with Gasteiger partial charge in [-0.25, -0.2) is 0 Å². The van der Waals surface area contributed by atoms with Gasteiger partial charge in [-0.3, -0.25) is 24.2 Å². The first-order valence-electron chi connectivity index (χ1n) is 17.3. The summed E-state index contributed by atoms with van der Waals surface area (Å²) in [6.07, 6.45) is 7.05. The molecule has 3 aromatic carbocycles. The zero-order chi connectivity index (χ0) is 37.1. The molecule has 0 bridgehead atoms. The number of carbonyl (C=O) groups excluding carboxylic acids is 4. The van der Waals surface area contributed by atoms with E-state index >= 15 is 0 Å². The molecular weight excluding hydrogens is 695 g/mol. The summed E-state index contributed by atoms with van der Waals surface area (Å²) in [6.45, 7) is 0.945. The number of hydrogen-bond acceptors (Lipinski definition) is 9. The highest BCUT2D eigenvalue weighted by molar-refractivity contribution is 7.20. The minimum absolute atomic E-state index is 0.00682. The first-order chi connectivity index (χ1) is 25.6. The number of nitrogen functional groups attached to an aromatic ring is 1. The molecule has 0 radical (unpaired) electrons. The number of thiophene rings is 1. The molecule has 7 rings (SSSR count). The van der Waals surface area contributed by atoms with E-state index in [-0.39, 0.29) is 42.7 Å². The van der Waals surface area contributed by atoms with E-state index in [9.17, 15) is 19.2 Å². The number of benzene rings is 3. The fourth-order valence-corrected chi connectivity index (χ4v) is 7.41. The van der Waals surface area contributed by atoms with Crippen molar-refractivity contribution in [2.24, 2.45) is 12.0 Å². The molecule has 13 nitrogen and oxygen atoms in total. The monoisotopic (exact) mass is 733 g/mol. The first kappa shape index (κ1) is 35.3. The maximum absolute atomic E-state index is 13.3. The van der Waals surface area contributed by atoms with Gasteiger partial charge < -0.3 is 40.6 Å². The molecule has 2 aliphatic heterocycles. The van der Waals surface area contributed by atoms with Crippen LogP contribution in [-0.2, 0) is 11.8 Å². The number of anilines is 4. The topological polar surface area (TPSA) is 169 Å². The molecule has 4 amide bonds. The smallest absolute Gasteiger partial charge is 0.272 e. The molecule has 53 heavy (non-hydrogen) atoms. The summed E-state index contributed by atoms with van der Waals surface area (Å²) in [5, 5.41) is 9.45. The Morgan fingerprint density at radius 2 is 1.72 bits per heavy atom. The molecule has 2 aliphatic rings. The molecule has 0 spiro atoms. The predicted molar refractivity (Wildman–Crippen MR) is 207 cm³/mol. The van der Waals surface area contributed by atoms with Crippen molar-refractivity contribution in [2.75, 3.05) is 41.9 Å². The lowest BCUT2D eigenvalue weighted by molar-refractivity contribution is -0.116. The van der Waals surface area contributed by atoms with Crippen LogP contribution < -0.4 is 31.2 Å². The fourth-order valence-electron chi connectivity index (χ4n) is 6.47. The zero-order valence-corrected chi connectivity index (χ0v) is 30.1. The Hall–Kier alpha value is -6.15. The average molecular weight is 734 g/mol. The third-order valence-corrected chi connectivity index (χ3v) is 10.3. The summed E-state index contributed by atoms with van der Waals surface area (Å²) >= 11 is 1.35. The first-order valence-corrected chi connectivity index (χ1v) is 18.1. The number of carbonyl (C=O) groups is 4. The highest BCUT2D eigenvalue weighted by Gasteiger charge is 2.31. The maximum atomic E-state index is 13.3. The Morgan fingerprint density at radius 1 is 0.925 bits per heavy atom. The van der Waals surface area contributed by atoms with Crippen LogP contribution >= 0.6 is 11.3 Å². The van der Waals surface area contributed by atoms with Gasteiger partial charge in [0.1, 0.15) is 5.69 Å². The molecule has 14 heteroatoms. The number of hydrogen-bond donors (Lipinski definition) is 4. The highest BCUT2D eigenvalue weighted by atomic mass is 32.1. The molecule has 1 fully saturated rings. The summed E-state index contributed by atoms with van der Waals surface area (Å²) < 4.78 is 14.1. The van der Waals surface area contributed by atoms with E-state index in [0.717, 1.165) is 29.3 Å². The van der Waals surface area contributed by atoms with Crippen LogP contribution in [0.5, 0.6) is 11.5 Å². The van der Waals surface area contributed by atoms with Crippen molar-refractivity contribution in [3.63, 3.8) is 0 Å². The Labute approximate surface area is 309 Å². The minimum Gasteiger partial charge on any atom is -0.493 e. The second kappa shape index (κ2) is 15.2. The van der Waals surface area contributed by atoms with Crippen molar-refractivity contribution < 1.29 is 28.7 Å². The number of aliphatic imine (C=N–C) groups is 1. The summed E-state index contributed by atoms with van der Waals surface area (Å²) in [6, 6.07) is 19.2. The van der Waals surface area contributed by atoms with Gasteiger partial charge in [0.25, 0.3) is 17.7 Å². The summed E-state index contributed by atoms with van der Waals surface area (Å²) in [7, 11) is 3.25. The zero-order valence-electron chi connectivity index (χ0n) is 29.3. The molecular formula is C39H39N7O6S.